The van der Waals surface area contributed by atoms with Crippen LogP contribution in [0.1, 0.15) is 6.42 Å². The minimum atomic E-state index is -3.64. The van der Waals surface area contributed by atoms with E-state index in [-0.39, 0.29) is 18.0 Å². The summed E-state index contributed by atoms with van der Waals surface area (Å²) in [5.74, 6) is 0. The van der Waals surface area contributed by atoms with Gasteiger partial charge in [0.05, 0.1) is 10.1 Å². The maximum absolute atomic E-state index is 12.3. The number of sulfone groups is 1. The zero-order valence-corrected chi connectivity index (χ0v) is 12.7. The molecule has 19 heavy (non-hydrogen) atoms. The lowest BCUT2D eigenvalue weighted by atomic mass is 10.4. The lowest BCUT2D eigenvalue weighted by molar-refractivity contribution is 0.477. The molecule has 0 amide bonds. The zero-order chi connectivity index (χ0) is 14.3. The summed E-state index contributed by atoms with van der Waals surface area (Å²) in [6, 6.07) is 5.84. The number of rotatable bonds is 3. The molecule has 1 aromatic carbocycles. The molecule has 0 N–H and O–H groups in total. The maximum Gasteiger partial charge on any atom is 0.243 e. The van der Waals surface area contributed by atoms with E-state index >= 15 is 0 Å². The van der Waals surface area contributed by atoms with E-state index in [0.717, 1.165) is 6.26 Å². The first kappa shape index (κ1) is 14.8. The van der Waals surface area contributed by atoms with Crippen LogP contribution < -0.4 is 0 Å². The second-order valence-corrected chi connectivity index (χ2v) is 9.26. The molecule has 1 heterocycles. The van der Waals surface area contributed by atoms with Crippen LogP contribution in [-0.4, -0.2) is 45.7 Å². The van der Waals surface area contributed by atoms with Crippen LogP contribution in [0, 0.1) is 0 Å². The molecule has 1 aliphatic heterocycles. The van der Waals surface area contributed by atoms with Gasteiger partial charge in [-0.05, 0) is 30.7 Å². The summed E-state index contributed by atoms with van der Waals surface area (Å²) >= 11 is 5.72. The first-order valence-corrected chi connectivity index (χ1v) is 9.43. The van der Waals surface area contributed by atoms with Crippen molar-refractivity contribution < 1.29 is 16.8 Å². The minimum absolute atomic E-state index is 0.0177. The topological polar surface area (TPSA) is 71.5 Å². The quantitative estimate of drug-likeness (QED) is 0.836. The zero-order valence-electron chi connectivity index (χ0n) is 10.3. The minimum Gasteiger partial charge on any atom is -0.229 e. The van der Waals surface area contributed by atoms with Gasteiger partial charge in [0.25, 0.3) is 0 Å². The van der Waals surface area contributed by atoms with Gasteiger partial charge in [-0.25, -0.2) is 16.8 Å². The van der Waals surface area contributed by atoms with E-state index in [2.05, 4.69) is 0 Å². The molecule has 0 radical (unpaired) electrons. The van der Waals surface area contributed by atoms with E-state index < -0.39 is 25.1 Å². The van der Waals surface area contributed by atoms with E-state index in [1.165, 1.54) is 28.6 Å². The average Bonchev–Trinajstić information content (AvgIpc) is 2.79. The Morgan fingerprint density at radius 1 is 1.16 bits per heavy atom. The Hall–Kier alpha value is -0.630. The summed E-state index contributed by atoms with van der Waals surface area (Å²) in [7, 11) is -6.85. The van der Waals surface area contributed by atoms with Crippen LogP contribution in [0.5, 0.6) is 0 Å². The Bertz CT molecular complexity index is 667. The first-order valence-electron chi connectivity index (χ1n) is 5.66. The molecule has 5 nitrogen and oxygen atoms in total. The molecule has 1 aliphatic rings. The van der Waals surface area contributed by atoms with E-state index in [1.54, 1.807) is 0 Å². The molecule has 8 heteroatoms. The highest BCUT2D eigenvalue weighted by Crippen LogP contribution is 2.24. The number of hydrogen-bond acceptors (Lipinski definition) is 4. The van der Waals surface area contributed by atoms with Crippen molar-refractivity contribution in [2.45, 2.75) is 16.6 Å². The number of hydrogen-bond donors (Lipinski definition) is 0. The second kappa shape index (κ2) is 5.05. The molecule has 1 unspecified atom stereocenters. The summed E-state index contributed by atoms with van der Waals surface area (Å²) in [5, 5.41) is -0.163. The highest BCUT2D eigenvalue weighted by atomic mass is 35.5. The number of sulfonamides is 1. The third kappa shape index (κ3) is 3.10. The molecular formula is C11H14ClNO4S2. The van der Waals surface area contributed by atoms with Crippen molar-refractivity contribution in [1.82, 2.24) is 4.31 Å². The Labute approximate surface area is 118 Å². The van der Waals surface area contributed by atoms with E-state index in [1.807, 2.05) is 0 Å². The molecule has 0 aromatic heterocycles. The van der Waals surface area contributed by atoms with Crippen LogP contribution in [0.4, 0.5) is 0 Å². The molecule has 1 saturated heterocycles. The van der Waals surface area contributed by atoms with Crippen LogP contribution in [0.25, 0.3) is 0 Å². The SMILES string of the molecule is CS(=O)(=O)C1CCN(S(=O)(=O)c2ccc(Cl)cc2)C1. The van der Waals surface area contributed by atoms with Crippen molar-refractivity contribution in [3.05, 3.63) is 29.3 Å². The molecule has 1 aromatic rings. The largest absolute Gasteiger partial charge is 0.243 e. The number of nitrogens with zero attached hydrogens (tertiary/aromatic N) is 1. The fourth-order valence-corrected chi connectivity index (χ4v) is 4.73. The van der Waals surface area contributed by atoms with Crippen LogP contribution in [0.15, 0.2) is 29.2 Å². The molecule has 1 atom stereocenters. The summed E-state index contributed by atoms with van der Waals surface area (Å²) in [6.07, 6.45) is 1.47. The van der Waals surface area contributed by atoms with Crippen molar-refractivity contribution in [2.75, 3.05) is 19.3 Å². The van der Waals surface area contributed by atoms with Gasteiger partial charge < -0.3 is 0 Å². The van der Waals surface area contributed by atoms with Crippen molar-refractivity contribution in [2.24, 2.45) is 0 Å². The summed E-state index contributed by atoms with van der Waals surface area (Å²) in [6.45, 7) is 0.243. The fraction of sp³-hybridized carbons (Fsp3) is 0.455. The smallest absolute Gasteiger partial charge is 0.229 e. The number of halogens is 1. The second-order valence-electron chi connectivity index (χ2n) is 4.56. The average molecular weight is 324 g/mol. The lowest BCUT2D eigenvalue weighted by Crippen LogP contribution is -2.31. The standard InChI is InChI=1S/C11H14ClNO4S2/c1-18(14,15)11-6-7-13(8-11)19(16,17)10-4-2-9(12)3-5-10/h2-5,11H,6-8H2,1H3. The summed E-state index contributed by atoms with van der Waals surface area (Å²) in [4.78, 5) is 0.131. The van der Waals surface area contributed by atoms with E-state index in [4.69, 9.17) is 11.6 Å². The fourth-order valence-electron chi connectivity index (χ4n) is 2.02. The molecule has 2 rings (SSSR count). The third-order valence-corrected chi connectivity index (χ3v) is 6.89. The molecular weight excluding hydrogens is 310 g/mol. The van der Waals surface area contributed by atoms with Crippen molar-refractivity contribution in [1.29, 1.82) is 0 Å². The van der Waals surface area contributed by atoms with Gasteiger partial charge in [0.15, 0.2) is 9.84 Å². The summed E-state index contributed by atoms with van der Waals surface area (Å²) < 4.78 is 48.7. The van der Waals surface area contributed by atoms with Gasteiger partial charge in [0.1, 0.15) is 0 Å². The maximum atomic E-state index is 12.3. The Balaban J connectivity index is 2.25. The number of benzene rings is 1. The van der Waals surface area contributed by atoms with Gasteiger partial charge in [-0.1, -0.05) is 11.6 Å². The van der Waals surface area contributed by atoms with Gasteiger partial charge >= 0.3 is 0 Å². The Morgan fingerprint density at radius 3 is 2.21 bits per heavy atom. The predicted octanol–water partition coefficient (Wildman–Crippen LogP) is 1.15. The van der Waals surface area contributed by atoms with Crippen LogP contribution >= 0.6 is 11.6 Å². The Kier molecular flexibility index (Phi) is 3.92. The molecule has 0 bridgehead atoms. The normalized spacial score (nSPS) is 21.7. The monoisotopic (exact) mass is 323 g/mol. The van der Waals surface area contributed by atoms with Crippen molar-refractivity contribution in [3.8, 4) is 0 Å². The van der Waals surface area contributed by atoms with Gasteiger partial charge in [0.2, 0.25) is 10.0 Å². The first-order chi connectivity index (χ1) is 8.71. The van der Waals surface area contributed by atoms with Crippen LogP contribution in [0.2, 0.25) is 5.02 Å². The van der Waals surface area contributed by atoms with E-state index in [0.29, 0.717) is 11.4 Å². The lowest BCUT2D eigenvalue weighted by Gasteiger charge is -2.16. The van der Waals surface area contributed by atoms with Crippen molar-refractivity contribution in [3.63, 3.8) is 0 Å². The molecule has 1 fully saturated rings. The van der Waals surface area contributed by atoms with Crippen molar-refractivity contribution >= 4 is 31.5 Å². The highest BCUT2D eigenvalue weighted by molar-refractivity contribution is 7.91. The van der Waals surface area contributed by atoms with Crippen LogP contribution in [-0.2, 0) is 19.9 Å². The van der Waals surface area contributed by atoms with Gasteiger partial charge in [-0.3, -0.25) is 0 Å². The van der Waals surface area contributed by atoms with Crippen LogP contribution in [0.3, 0.4) is 0 Å². The predicted molar refractivity (Wildman–Crippen MR) is 73.5 cm³/mol. The van der Waals surface area contributed by atoms with Gasteiger partial charge in [-0.2, -0.15) is 4.31 Å². The third-order valence-electron chi connectivity index (χ3n) is 3.16. The van der Waals surface area contributed by atoms with Gasteiger partial charge in [0, 0.05) is 24.4 Å². The molecule has 0 saturated carbocycles. The van der Waals surface area contributed by atoms with E-state index in [9.17, 15) is 16.8 Å². The molecule has 106 valence electrons. The summed E-state index contributed by atoms with van der Waals surface area (Å²) in [5.41, 5.74) is 0. The Morgan fingerprint density at radius 2 is 1.74 bits per heavy atom. The highest BCUT2D eigenvalue weighted by Gasteiger charge is 2.36. The van der Waals surface area contributed by atoms with Gasteiger partial charge in [-0.15, -0.1) is 0 Å². The molecule has 0 aliphatic carbocycles. The molecule has 0 spiro atoms.